The molecule has 0 aliphatic carbocycles. The van der Waals surface area contributed by atoms with Crippen LogP contribution in [0.25, 0.3) is 0 Å². The van der Waals surface area contributed by atoms with E-state index in [0.29, 0.717) is 0 Å². The van der Waals surface area contributed by atoms with Gasteiger partial charge in [0.1, 0.15) is 19.2 Å². The van der Waals surface area contributed by atoms with Crippen molar-refractivity contribution in [2.24, 2.45) is 0 Å². The predicted molar refractivity (Wildman–Crippen MR) is 48.9 cm³/mol. The molecule has 1 atom stereocenters. The number of nitrogens with zero attached hydrogens (tertiary/aromatic N) is 1. The second-order valence-electron chi connectivity index (χ2n) is 3.05. The Morgan fingerprint density at radius 2 is 1.93 bits per heavy atom. The van der Waals surface area contributed by atoms with E-state index in [2.05, 4.69) is 6.07 Å². The van der Waals surface area contributed by atoms with Gasteiger partial charge >= 0.3 is 0 Å². The van der Waals surface area contributed by atoms with Crippen molar-refractivity contribution in [1.29, 1.82) is 5.26 Å². The van der Waals surface area contributed by atoms with E-state index in [4.69, 9.17) is 27.5 Å². The third kappa shape index (κ3) is 9.58. The molecule has 0 radical (unpaired) electrons. The highest BCUT2D eigenvalue weighted by atomic mass is 32.3. The number of quaternary nitrogens is 1. The zero-order valence-corrected chi connectivity index (χ0v) is 9.16. The highest BCUT2D eigenvalue weighted by Gasteiger charge is 2.19. The van der Waals surface area contributed by atoms with Crippen LogP contribution >= 0.6 is 0 Å². The number of rotatable bonds is 1. The Hall–Kier alpha value is -0.720. The molecule has 2 N–H and O–H groups in total. The summed E-state index contributed by atoms with van der Waals surface area (Å²) < 4.78 is 38.0. The molecule has 1 fully saturated rings. The van der Waals surface area contributed by atoms with Crippen molar-refractivity contribution >= 4 is 10.4 Å². The number of hydrogen-bond acceptors (Lipinski definition) is 5. The van der Waals surface area contributed by atoms with E-state index in [1.54, 1.807) is 0 Å². The first-order valence-corrected chi connectivity index (χ1v) is 5.71. The maximum absolute atomic E-state index is 8.63. The number of nitriles is 1. The molecule has 0 saturated carbocycles. The van der Waals surface area contributed by atoms with Crippen molar-refractivity contribution in [3.63, 3.8) is 0 Å². The van der Waals surface area contributed by atoms with Crippen LogP contribution in [0.15, 0.2) is 0 Å². The van der Waals surface area contributed by atoms with Crippen LogP contribution in [0.3, 0.4) is 0 Å². The summed E-state index contributed by atoms with van der Waals surface area (Å²) in [4.78, 5) is 1.36. The standard InChI is InChI=1S/C7H12N2O.H2O4S/c1-7(6-8)9-2-4-10-5-3-9;1-5(2,3)4/h7H,2-5H2,1H3;(H2,1,2,3,4). The van der Waals surface area contributed by atoms with E-state index in [1.165, 1.54) is 4.90 Å². The summed E-state index contributed by atoms with van der Waals surface area (Å²) in [5, 5.41) is 8.58. The first-order chi connectivity index (χ1) is 6.84. The number of ether oxygens (including phenoxy) is 1. The van der Waals surface area contributed by atoms with Gasteiger partial charge in [-0.1, -0.05) is 0 Å². The molecule has 1 rings (SSSR count). The Labute approximate surface area is 88.8 Å². The average molecular weight is 238 g/mol. The second-order valence-corrected chi connectivity index (χ2v) is 3.90. The van der Waals surface area contributed by atoms with Crippen LogP contribution in [0.1, 0.15) is 6.92 Å². The quantitative estimate of drug-likeness (QED) is 0.396. The van der Waals surface area contributed by atoms with Crippen LogP contribution in [0.5, 0.6) is 0 Å². The van der Waals surface area contributed by atoms with Gasteiger partial charge in [-0.3, -0.25) is 4.55 Å². The van der Waals surface area contributed by atoms with Gasteiger partial charge in [-0.25, -0.2) is 8.42 Å². The molecule has 1 aliphatic heterocycles. The van der Waals surface area contributed by atoms with Crippen molar-refractivity contribution < 1.29 is 27.2 Å². The molecular weight excluding hydrogens is 224 g/mol. The third-order valence-electron chi connectivity index (χ3n) is 1.94. The fourth-order valence-electron chi connectivity index (χ4n) is 1.16. The normalized spacial score (nSPS) is 19.6. The first kappa shape index (κ1) is 14.3. The van der Waals surface area contributed by atoms with Gasteiger partial charge in [0.15, 0.2) is 6.04 Å². The molecule has 88 valence electrons. The summed E-state index contributed by atoms with van der Waals surface area (Å²) in [7, 11) is -4.92. The number of hydrogen-bond donors (Lipinski definition) is 2. The van der Waals surface area contributed by atoms with E-state index in [0.717, 1.165) is 26.3 Å². The minimum atomic E-state index is -4.92. The molecule has 1 heterocycles. The monoisotopic (exact) mass is 238 g/mol. The van der Waals surface area contributed by atoms with Gasteiger partial charge in [0.25, 0.3) is 0 Å². The van der Waals surface area contributed by atoms with Gasteiger partial charge in [0.05, 0.1) is 13.2 Å². The largest absolute Gasteiger partial charge is 0.726 e. The molecular formula is C7H14N2O5S. The van der Waals surface area contributed by atoms with E-state index >= 15 is 0 Å². The van der Waals surface area contributed by atoms with E-state index < -0.39 is 10.4 Å². The van der Waals surface area contributed by atoms with Gasteiger partial charge in [-0.15, -0.1) is 0 Å². The SMILES string of the molecule is CC(C#N)[NH+]1CCOCC1.O=S(=O)([O-])O. The minimum absolute atomic E-state index is 0.129. The third-order valence-corrected chi connectivity index (χ3v) is 1.94. The molecule has 1 saturated heterocycles. The fourth-order valence-corrected chi connectivity index (χ4v) is 1.16. The Morgan fingerprint density at radius 3 is 2.27 bits per heavy atom. The van der Waals surface area contributed by atoms with Crippen LogP contribution in [0.4, 0.5) is 0 Å². The summed E-state index contributed by atoms with van der Waals surface area (Å²) in [6, 6.07) is 2.37. The minimum Gasteiger partial charge on any atom is -0.726 e. The summed E-state index contributed by atoms with van der Waals surface area (Å²) in [6.45, 7) is 5.53. The maximum Gasteiger partial charge on any atom is 0.215 e. The van der Waals surface area contributed by atoms with Crippen molar-refractivity contribution in [2.75, 3.05) is 26.3 Å². The molecule has 8 heteroatoms. The summed E-state index contributed by atoms with van der Waals surface area (Å²) in [5.74, 6) is 0. The zero-order chi connectivity index (χ0) is 11.9. The number of nitrogens with one attached hydrogen (secondary N) is 1. The topological polar surface area (TPSA) is 115 Å². The van der Waals surface area contributed by atoms with Gasteiger partial charge in [-0.05, 0) is 0 Å². The molecule has 0 amide bonds. The average Bonchev–Trinajstić information content (AvgIpc) is 2.15. The van der Waals surface area contributed by atoms with Crippen LogP contribution < -0.4 is 4.90 Å². The molecule has 0 aromatic heterocycles. The Kier molecular flexibility index (Phi) is 6.38. The van der Waals surface area contributed by atoms with E-state index in [9.17, 15) is 0 Å². The van der Waals surface area contributed by atoms with Crippen molar-refractivity contribution in [2.45, 2.75) is 13.0 Å². The van der Waals surface area contributed by atoms with Gasteiger partial charge in [-0.2, -0.15) is 5.26 Å². The van der Waals surface area contributed by atoms with Crippen molar-refractivity contribution in [3.8, 4) is 6.07 Å². The molecule has 0 aromatic carbocycles. The first-order valence-electron chi connectivity index (χ1n) is 4.35. The van der Waals surface area contributed by atoms with E-state index in [1.807, 2.05) is 6.92 Å². The van der Waals surface area contributed by atoms with Crippen molar-refractivity contribution in [1.82, 2.24) is 0 Å². The Morgan fingerprint density at radius 1 is 1.53 bits per heavy atom. The molecule has 1 unspecified atom stereocenters. The lowest BCUT2D eigenvalue weighted by Crippen LogP contribution is -3.17. The lowest BCUT2D eigenvalue weighted by atomic mass is 10.3. The van der Waals surface area contributed by atoms with Gasteiger partial charge in [0.2, 0.25) is 10.4 Å². The summed E-state index contributed by atoms with van der Waals surface area (Å²) in [6.07, 6.45) is 0. The molecule has 0 aromatic rings. The lowest BCUT2D eigenvalue weighted by Gasteiger charge is -2.25. The van der Waals surface area contributed by atoms with Gasteiger partial charge in [0, 0.05) is 6.92 Å². The smallest absolute Gasteiger partial charge is 0.215 e. The highest BCUT2D eigenvalue weighted by Crippen LogP contribution is 1.78. The van der Waals surface area contributed by atoms with Crippen LogP contribution in [-0.2, 0) is 15.1 Å². The molecule has 0 bridgehead atoms. The maximum atomic E-state index is 8.63. The van der Waals surface area contributed by atoms with E-state index in [-0.39, 0.29) is 6.04 Å². The van der Waals surface area contributed by atoms with Crippen molar-refractivity contribution in [3.05, 3.63) is 0 Å². The Bertz CT molecular complexity index is 296. The van der Waals surface area contributed by atoms with Crippen LogP contribution in [-0.4, -0.2) is 49.9 Å². The summed E-state index contributed by atoms with van der Waals surface area (Å²) >= 11 is 0. The summed E-state index contributed by atoms with van der Waals surface area (Å²) in [5.41, 5.74) is 0. The fraction of sp³-hybridized carbons (Fsp3) is 0.857. The van der Waals surface area contributed by atoms with Gasteiger partial charge < -0.3 is 14.2 Å². The molecule has 1 aliphatic rings. The molecule has 7 nitrogen and oxygen atoms in total. The van der Waals surface area contributed by atoms with Crippen LogP contribution in [0, 0.1) is 11.3 Å². The molecule has 0 spiro atoms. The Balaban J connectivity index is 0.000000336. The number of morpholine rings is 1. The lowest BCUT2D eigenvalue weighted by molar-refractivity contribution is -0.922. The second kappa shape index (κ2) is 6.71. The highest BCUT2D eigenvalue weighted by molar-refractivity contribution is 7.79. The molecule has 15 heavy (non-hydrogen) atoms. The zero-order valence-electron chi connectivity index (χ0n) is 8.34. The van der Waals surface area contributed by atoms with Crippen LogP contribution in [0.2, 0.25) is 0 Å². The predicted octanol–water partition coefficient (Wildman–Crippen LogP) is -2.18.